The molecule has 0 atom stereocenters. The Hall–Kier alpha value is -3.81. The Bertz CT molecular complexity index is 1250. The number of rotatable bonds is 4. The predicted molar refractivity (Wildman–Crippen MR) is 117 cm³/mol. The van der Waals surface area contributed by atoms with Crippen LogP contribution in [0, 0.1) is 5.82 Å². The number of imide groups is 1. The maximum absolute atomic E-state index is 13.5. The molecule has 2 fully saturated rings. The van der Waals surface area contributed by atoms with Crippen LogP contribution in [-0.2, 0) is 11.3 Å². The average molecular weight is 432 g/mol. The fourth-order valence-corrected chi connectivity index (χ4v) is 4.49. The molecule has 2 N–H and O–H groups in total. The molecule has 2 aliphatic rings. The Balaban J connectivity index is 1.31. The van der Waals surface area contributed by atoms with Gasteiger partial charge in [-0.25, -0.2) is 14.1 Å². The molecule has 5 rings (SSSR count). The molecule has 0 unspecified atom stereocenters. The monoisotopic (exact) mass is 432 g/mol. The molecule has 0 bridgehead atoms. The van der Waals surface area contributed by atoms with Crippen LogP contribution in [-0.4, -0.2) is 28.4 Å². The highest BCUT2D eigenvalue weighted by Gasteiger charge is 2.52. The normalized spacial score (nSPS) is 17.2. The summed E-state index contributed by atoms with van der Waals surface area (Å²) in [5, 5.41) is 6.22. The van der Waals surface area contributed by atoms with Crippen molar-refractivity contribution in [3.05, 3.63) is 71.7 Å². The first-order chi connectivity index (χ1) is 15.4. The highest BCUT2D eigenvalue weighted by atomic mass is 19.1. The Labute approximate surface area is 183 Å². The zero-order valence-corrected chi connectivity index (χ0v) is 17.2. The van der Waals surface area contributed by atoms with Crippen LogP contribution in [0.25, 0.3) is 10.9 Å². The second kappa shape index (κ2) is 7.71. The summed E-state index contributed by atoms with van der Waals surface area (Å²) in [6.07, 6.45) is 4.60. The van der Waals surface area contributed by atoms with E-state index in [1.807, 2.05) is 6.07 Å². The van der Waals surface area contributed by atoms with Gasteiger partial charge in [-0.05, 0) is 54.8 Å². The van der Waals surface area contributed by atoms with Gasteiger partial charge >= 0.3 is 6.03 Å². The minimum atomic E-state index is -0.774. The van der Waals surface area contributed by atoms with Crippen molar-refractivity contribution in [3.8, 4) is 0 Å². The van der Waals surface area contributed by atoms with Crippen LogP contribution in [0.15, 0.2) is 54.7 Å². The van der Waals surface area contributed by atoms with Crippen molar-refractivity contribution in [3.63, 3.8) is 0 Å². The second-order valence-electron chi connectivity index (χ2n) is 8.27. The molecule has 0 radical (unpaired) electrons. The molecule has 8 heteroatoms. The van der Waals surface area contributed by atoms with Gasteiger partial charge in [-0.1, -0.05) is 25.0 Å². The van der Waals surface area contributed by atoms with E-state index < -0.39 is 17.4 Å². The van der Waals surface area contributed by atoms with E-state index in [2.05, 4.69) is 15.6 Å². The summed E-state index contributed by atoms with van der Waals surface area (Å²) < 4.78 is 13.5. The zero-order chi connectivity index (χ0) is 22.3. The number of aromatic nitrogens is 1. The van der Waals surface area contributed by atoms with E-state index >= 15 is 0 Å². The maximum Gasteiger partial charge on any atom is 0.329 e. The summed E-state index contributed by atoms with van der Waals surface area (Å²) in [6, 6.07) is 12.4. The standard InChI is InChI=1S/C24H21FN4O3/c25-18-6-7-20-16(12-18)11-17(14-26-20)21(30)27-13-15-4-3-5-19(10-15)29-22(31)24(28-23(29)32)8-1-2-9-24/h3-7,10-12,14H,1-2,8-9,13H2,(H,27,30)(H,28,32). The van der Waals surface area contributed by atoms with Crippen LogP contribution in [0.4, 0.5) is 14.9 Å². The SMILES string of the molecule is O=C(NCc1cccc(N2C(=O)NC3(CCCC3)C2=O)c1)c1cnc2ccc(F)cc2c1. The summed E-state index contributed by atoms with van der Waals surface area (Å²) in [5.41, 5.74) is 1.36. The van der Waals surface area contributed by atoms with E-state index in [1.165, 1.54) is 23.2 Å². The fraction of sp³-hybridized carbons (Fsp3) is 0.250. The zero-order valence-electron chi connectivity index (χ0n) is 17.2. The summed E-state index contributed by atoms with van der Waals surface area (Å²) in [4.78, 5) is 43.5. The predicted octanol–water partition coefficient (Wildman–Crippen LogP) is 3.67. The molecule has 1 saturated heterocycles. The molecule has 1 aliphatic carbocycles. The van der Waals surface area contributed by atoms with Gasteiger partial charge in [0, 0.05) is 18.1 Å². The third-order valence-corrected chi connectivity index (χ3v) is 6.15. The van der Waals surface area contributed by atoms with Crippen LogP contribution in [0.1, 0.15) is 41.6 Å². The molecule has 1 aliphatic heterocycles. The number of fused-ring (bicyclic) bond motifs is 1. The minimum Gasteiger partial charge on any atom is -0.348 e. The third kappa shape index (κ3) is 3.47. The lowest BCUT2D eigenvalue weighted by Gasteiger charge is -2.20. The van der Waals surface area contributed by atoms with E-state index in [0.717, 1.165) is 18.4 Å². The molecule has 1 saturated carbocycles. The summed E-state index contributed by atoms with van der Waals surface area (Å²) in [6.45, 7) is 0.197. The number of hydrogen-bond acceptors (Lipinski definition) is 4. The Kier molecular flexibility index (Phi) is 4.84. The van der Waals surface area contributed by atoms with Gasteiger partial charge in [0.25, 0.3) is 11.8 Å². The van der Waals surface area contributed by atoms with Gasteiger partial charge in [-0.3, -0.25) is 14.6 Å². The van der Waals surface area contributed by atoms with Gasteiger partial charge in [0.05, 0.1) is 16.8 Å². The molecule has 32 heavy (non-hydrogen) atoms. The number of anilines is 1. The summed E-state index contributed by atoms with van der Waals surface area (Å²) in [7, 11) is 0. The highest BCUT2D eigenvalue weighted by molar-refractivity contribution is 6.23. The lowest BCUT2D eigenvalue weighted by molar-refractivity contribution is -0.121. The molecule has 2 aromatic carbocycles. The third-order valence-electron chi connectivity index (χ3n) is 6.15. The molecule has 1 aromatic heterocycles. The van der Waals surface area contributed by atoms with Crippen LogP contribution in [0.5, 0.6) is 0 Å². The second-order valence-corrected chi connectivity index (χ2v) is 8.27. The van der Waals surface area contributed by atoms with Gasteiger partial charge in [0.2, 0.25) is 0 Å². The minimum absolute atomic E-state index is 0.197. The van der Waals surface area contributed by atoms with E-state index in [9.17, 15) is 18.8 Å². The molecule has 3 aromatic rings. The van der Waals surface area contributed by atoms with Gasteiger partial charge in [0.1, 0.15) is 11.4 Å². The number of carbonyl (C=O) groups is 3. The molecule has 162 valence electrons. The molecule has 4 amide bonds. The first kappa shape index (κ1) is 20.1. The van der Waals surface area contributed by atoms with Gasteiger partial charge in [-0.15, -0.1) is 0 Å². The van der Waals surface area contributed by atoms with E-state index in [1.54, 1.807) is 30.3 Å². The van der Waals surface area contributed by atoms with E-state index in [4.69, 9.17) is 0 Å². The first-order valence-corrected chi connectivity index (χ1v) is 10.5. The topological polar surface area (TPSA) is 91.4 Å². The quantitative estimate of drug-likeness (QED) is 0.616. The Morgan fingerprint density at radius 2 is 1.94 bits per heavy atom. The van der Waals surface area contributed by atoms with Crippen LogP contribution in [0.3, 0.4) is 0 Å². The molecular formula is C24H21FN4O3. The van der Waals surface area contributed by atoms with E-state index in [-0.39, 0.29) is 18.4 Å². The first-order valence-electron chi connectivity index (χ1n) is 10.5. The fourth-order valence-electron chi connectivity index (χ4n) is 4.49. The average Bonchev–Trinajstić information content (AvgIpc) is 3.36. The summed E-state index contributed by atoms with van der Waals surface area (Å²) in [5.74, 6) is -0.960. The van der Waals surface area contributed by atoms with Crippen LogP contribution in [0.2, 0.25) is 0 Å². The number of carbonyl (C=O) groups excluding carboxylic acids is 3. The largest absolute Gasteiger partial charge is 0.348 e. The number of amides is 4. The lowest BCUT2D eigenvalue weighted by atomic mass is 9.98. The molecule has 1 spiro atoms. The number of nitrogens with one attached hydrogen (secondary N) is 2. The molecule has 2 heterocycles. The number of benzene rings is 2. The van der Waals surface area contributed by atoms with Crippen molar-refractivity contribution in [2.75, 3.05) is 4.90 Å². The number of hydrogen-bond donors (Lipinski definition) is 2. The number of nitrogens with zero attached hydrogens (tertiary/aromatic N) is 2. The van der Waals surface area contributed by atoms with Gasteiger partial charge < -0.3 is 10.6 Å². The summed E-state index contributed by atoms with van der Waals surface area (Å²) >= 11 is 0. The van der Waals surface area contributed by atoms with Crippen LogP contribution >= 0.6 is 0 Å². The van der Waals surface area contributed by atoms with E-state index in [0.29, 0.717) is 35.0 Å². The maximum atomic E-state index is 13.5. The lowest BCUT2D eigenvalue weighted by Crippen LogP contribution is -2.44. The van der Waals surface area contributed by atoms with Gasteiger partial charge in [0.15, 0.2) is 0 Å². The smallest absolute Gasteiger partial charge is 0.329 e. The van der Waals surface area contributed by atoms with Crippen molar-refractivity contribution in [1.29, 1.82) is 0 Å². The number of urea groups is 1. The number of pyridine rings is 1. The Morgan fingerprint density at radius 3 is 2.75 bits per heavy atom. The van der Waals surface area contributed by atoms with Crippen molar-refractivity contribution in [2.24, 2.45) is 0 Å². The van der Waals surface area contributed by atoms with Crippen molar-refractivity contribution >= 4 is 34.4 Å². The van der Waals surface area contributed by atoms with Crippen LogP contribution < -0.4 is 15.5 Å². The molecule has 7 nitrogen and oxygen atoms in total. The van der Waals surface area contributed by atoms with Crippen molar-refractivity contribution < 1.29 is 18.8 Å². The Morgan fingerprint density at radius 1 is 1.12 bits per heavy atom. The van der Waals surface area contributed by atoms with Crippen molar-refractivity contribution in [2.45, 2.75) is 37.8 Å². The highest BCUT2D eigenvalue weighted by Crippen LogP contribution is 2.37. The van der Waals surface area contributed by atoms with Gasteiger partial charge in [-0.2, -0.15) is 0 Å². The molecular weight excluding hydrogens is 411 g/mol. The number of halogens is 1. The van der Waals surface area contributed by atoms with Crippen molar-refractivity contribution in [1.82, 2.24) is 15.6 Å².